The van der Waals surface area contributed by atoms with Crippen LogP contribution in [0.5, 0.6) is 0 Å². The molecule has 2 aliphatic carbocycles. The molecule has 0 spiro atoms. The third kappa shape index (κ3) is 1.42. The lowest BCUT2D eigenvalue weighted by atomic mass is 9.63. The van der Waals surface area contributed by atoms with Gasteiger partial charge in [-0.15, -0.1) is 0 Å². The number of hydrogen-bond donors (Lipinski definition) is 1. The van der Waals surface area contributed by atoms with Crippen molar-refractivity contribution in [3.8, 4) is 0 Å². The van der Waals surface area contributed by atoms with Crippen molar-refractivity contribution in [2.24, 2.45) is 17.3 Å². The normalized spacial score (nSPS) is 41.4. The maximum Gasteiger partial charge on any atom is 0.159 e. The molecule has 2 heteroatoms. The first-order chi connectivity index (χ1) is 6.67. The van der Waals surface area contributed by atoms with Gasteiger partial charge in [0.25, 0.3) is 0 Å². The standard InChI is InChI=1S/C12H18O2/c1-12-6-2-3-9(5-8-13)11(12)10(14)4-7-12/h4,7,9,11,13H,2-3,5-6,8H2,1H3/t9?,11-,12+/m0/s1. The van der Waals surface area contributed by atoms with Crippen LogP contribution >= 0.6 is 0 Å². The first kappa shape index (κ1) is 9.91. The van der Waals surface area contributed by atoms with Crippen molar-refractivity contribution in [1.29, 1.82) is 0 Å². The van der Waals surface area contributed by atoms with E-state index in [4.69, 9.17) is 5.11 Å². The number of fused-ring (bicyclic) bond motifs is 1. The largest absolute Gasteiger partial charge is 0.396 e. The molecular weight excluding hydrogens is 176 g/mol. The van der Waals surface area contributed by atoms with Crippen LogP contribution in [0, 0.1) is 17.3 Å². The smallest absolute Gasteiger partial charge is 0.159 e. The average molecular weight is 194 g/mol. The van der Waals surface area contributed by atoms with Gasteiger partial charge in [0.2, 0.25) is 0 Å². The number of aliphatic hydroxyl groups is 1. The lowest BCUT2D eigenvalue weighted by Gasteiger charge is -2.40. The molecule has 1 saturated carbocycles. The minimum Gasteiger partial charge on any atom is -0.396 e. The highest BCUT2D eigenvalue weighted by atomic mass is 16.3. The van der Waals surface area contributed by atoms with Crippen molar-refractivity contribution in [3.63, 3.8) is 0 Å². The molecule has 0 aromatic heterocycles. The summed E-state index contributed by atoms with van der Waals surface area (Å²) in [5.74, 6) is 0.843. The van der Waals surface area contributed by atoms with E-state index < -0.39 is 0 Å². The topological polar surface area (TPSA) is 37.3 Å². The van der Waals surface area contributed by atoms with Crippen molar-refractivity contribution < 1.29 is 9.90 Å². The van der Waals surface area contributed by atoms with E-state index in [1.807, 2.05) is 0 Å². The monoisotopic (exact) mass is 194 g/mol. The van der Waals surface area contributed by atoms with Gasteiger partial charge in [0, 0.05) is 12.5 Å². The molecule has 2 aliphatic rings. The highest BCUT2D eigenvalue weighted by molar-refractivity contribution is 5.95. The molecule has 0 aliphatic heterocycles. The maximum atomic E-state index is 11.7. The van der Waals surface area contributed by atoms with E-state index in [0.717, 1.165) is 19.3 Å². The predicted molar refractivity (Wildman–Crippen MR) is 54.8 cm³/mol. The molecule has 14 heavy (non-hydrogen) atoms. The van der Waals surface area contributed by atoms with Gasteiger partial charge in [-0.3, -0.25) is 4.79 Å². The summed E-state index contributed by atoms with van der Waals surface area (Å²) in [7, 11) is 0. The van der Waals surface area contributed by atoms with Crippen molar-refractivity contribution in [3.05, 3.63) is 12.2 Å². The molecule has 2 nitrogen and oxygen atoms in total. The van der Waals surface area contributed by atoms with E-state index >= 15 is 0 Å². The van der Waals surface area contributed by atoms with E-state index in [-0.39, 0.29) is 23.7 Å². The van der Waals surface area contributed by atoms with Gasteiger partial charge < -0.3 is 5.11 Å². The van der Waals surface area contributed by atoms with Gasteiger partial charge in [0.1, 0.15) is 0 Å². The maximum absolute atomic E-state index is 11.7. The summed E-state index contributed by atoms with van der Waals surface area (Å²) in [5, 5.41) is 8.98. The number of ketones is 1. The second kappa shape index (κ2) is 3.50. The SMILES string of the molecule is C[C@@]12C=CC(=O)[C@@H]1C(CCO)CCC2. The second-order valence-electron chi connectivity index (χ2n) is 4.88. The molecule has 2 rings (SSSR count). The van der Waals surface area contributed by atoms with Crippen LogP contribution in [0.1, 0.15) is 32.6 Å². The highest BCUT2D eigenvalue weighted by Crippen LogP contribution is 2.50. The van der Waals surface area contributed by atoms with Crippen LogP contribution in [0.25, 0.3) is 0 Å². The molecule has 1 N–H and O–H groups in total. The Kier molecular flexibility index (Phi) is 2.48. The molecule has 0 aromatic rings. The van der Waals surface area contributed by atoms with Gasteiger partial charge in [-0.25, -0.2) is 0 Å². The molecule has 0 bridgehead atoms. The number of hydrogen-bond acceptors (Lipinski definition) is 2. The fraction of sp³-hybridized carbons (Fsp3) is 0.750. The van der Waals surface area contributed by atoms with E-state index in [0.29, 0.717) is 5.92 Å². The molecule has 0 saturated heterocycles. The van der Waals surface area contributed by atoms with Crippen molar-refractivity contribution >= 4 is 5.78 Å². The summed E-state index contributed by atoms with van der Waals surface area (Å²) < 4.78 is 0. The minimum absolute atomic E-state index is 0.0924. The van der Waals surface area contributed by atoms with Crippen LogP contribution in [0.4, 0.5) is 0 Å². The van der Waals surface area contributed by atoms with Crippen LogP contribution in [0.15, 0.2) is 12.2 Å². The fourth-order valence-electron chi connectivity index (χ4n) is 3.20. The van der Waals surface area contributed by atoms with E-state index in [9.17, 15) is 4.79 Å². The summed E-state index contributed by atoms with van der Waals surface area (Å²) in [4.78, 5) is 11.7. The number of carbonyl (C=O) groups excluding carboxylic acids is 1. The molecule has 3 atom stereocenters. The van der Waals surface area contributed by atoms with Gasteiger partial charge in [0.05, 0.1) is 0 Å². The average Bonchev–Trinajstić information content (AvgIpc) is 2.44. The Hall–Kier alpha value is -0.630. The fourth-order valence-corrected chi connectivity index (χ4v) is 3.20. The Morgan fingerprint density at radius 1 is 1.64 bits per heavy atom. The van der Waals surface area contributed by atoms with Gasteiger partial charge in [-0.2, -0.15) is 0 Å². The summed E-state index contributed by atoms with van der Waals surface area (Å²) in [6.07, 6.45) is 8.04. The number of aliphatic hydroxyl groups excluding tert-OH is 1. The molecule has 0 radical (unpaired) electrons. The summed E-state index contributed by atoms with van der Waals surface area (Å²) in [6, 6.07) is 0. The lowest BCUT2D eigenvalue weighted by Crippen LogP contribution is -2.37. The second-order valence-corrected chi connectivity index (χ2v) is 4.88. The zero-order valence-corrected chi connectivity index (χ0v) is 8.70. The predicted octanol–water partition coefficient (Wildman–Crippen LogP) is 1.93. The Labute approximate surface area is 85.0 Å². The quantitative estimate of drug-likeness (QED) is 0.729. The Morgan fingerprint density at radius 3 is 3.14 bits per heavy atom. The van der Waals surface area contributed by atoms with Gasteiger partial charge >= 0.3 is 0 Å². The molecule has 78 valence electrons. The van der Waals surface area contributed by atoms with Crippen LogP contribution in [-0.4, -0.2) is 17.5 Å². The van der Waals surface area contributed by atoms with Crippen molar-refractivity contribution in [2.75, 3.05) is 6.61 Å². The van der Waals surface area contributed by atoms with Crippen LogP contribution in [-0.2, 0) is 4.79 Å². The highest BCUT2D eigenvalue weighted by Gasteiger charge is 2.46. The molecule has 0 amide bonds. The first-order valence-corrected chi connectivity index (χ1v) is 5.51. The Bertz CT molecular complexity index is 267. The Morgan fingerprint density at radius 2 is 2.43 bits per heavy atom. The third-order valence-electron chi connectivity index (χ3n) is 3.91. The van der Waals surface area contributed by atoms with Gasteiger partial charge in [-0.1, -0.05) is 19.4 Å². The van der Waals surface area contributed by atoms with Crippen LogP contribution in [0.2, 0.25) is 0 Å². The summed E-state index contributed by atoms with van der Waals surface area (Å²) in [6.45, 7) is 2.40. The molecule has 0 heterocycles. The number of carbonyl (C=O) groups is 1. The van der Waals surface area contributed by atoms with E-state index in [1.165, 1.54) is 6.42 Å². The van der Waals surface area contributed by atoms with Gasteiger partial charge in [0.15, 0.2) is 5.78 Å². The Balaban J connectivity index is 2.19. The lowest BCUT2D eigenvalue weighted by molar-refractivity contribution is -0.123. The van der Waals surface area contributed by atoms with Gasteiger partial charge in [-0.05, 0) is 36.7 Å². The number of allylic oxidation sites excluding steroid dienone is 2. The van der Waals surface area contributed by atoms with E-state index in [1.54, 1.807) is 6.08 Å². The zero-order valence-electron chi connectivity index (χ0n) is 8.70. The van der Waals surface area contributed by atoms with Crippen LogP contribution < -0.4 is 0 Å². The summed E-state index contributed by atoms with van der Waals surface area (Å²) in [5.41, 5.74) is 0.0924. The van der Waals surface area contributed by atoms with Crippen LogP contribution in [0.3, 0.4) is 0 Å². The minimum atomic E-state index is 0.0924. The van der Waals surface area contributed by atoms with Crippen molar-refractivity contribution in [1.82, 2.24) is 0 Å². The number of rotatable bonds is 2. The van der Waals surface area contributed by atoms with Crippen molar-refractivity contribution in [2.45, 2.75) is 32.6 Å². The molecule has 0 aromatic carbocycles. The zero-order chi connectivity index (χ0) is 10.2. The molecule has 1 fully saturated rings. The van der Waals surface area contributed by atoms with E-state index in [2.05, 4.69) is 13.0 Å². The molecule has 1 unspecified atom stereocenters. The first-order valence-electron chi connectivity index (χ1n) is 5.51. The third-order valence-corrected chi connectivity index (χ3v) is 3.91. The summed E-state index contributed by atoms with van der Waals surface area (Å²) >= 11 is 0. The molecular formula is C12H18O2.